The largest absolute Gasteiger partial charge is 0.309 e. The molecule has 0 N–H and O–H groups in total. The summed E-state index contributed by atoms with van der Waals surface area (Å²) in [5.41, 5.74) is 13.4. The Kier molecular flexibility index (Phi) is 6.97. The monoisotopic (exact) mass is 667 g/mol. The average molecular weight is 668 g/mol. The molecule has 0 amide bonds. The third kappa shape index (κ3) is 4.61. The second-order valence-corrected chi connectivity index (χ2v) is 14.3. The lowest BCUT2D eigenvalue weighted by Gasteiger charge is -2.33. The van der Waals surface area contributed by atoms with Gasteiger partial charge in [-0.3, -0.25) is 0 Å². The molecule has 0 spiro atoms. The van der Waals surface area contributed by atoms with Crippen molar-refractivity contribution in [2.75, 3.05) is 4.90 Å². The van der Waals surface area contributed by atoms with Crippen LogP contribution in [0, 0.1) is 0 Å². The smallest absolute Gasteiger partial charge is 0.0714 e. The molecule has 9 aromatic rings. The van der Waals surface area contributed by atoms with E-state index in [1.807, 2.05) is 11.3 Å². The van der Waals surface area contributed by atoms with Gasteiger partial charge < -0.3 is 4.90 Å². The Balaban J connectivity index is 1.18. The fraction of sp³-hybridized carbons (Fsp3) is 0.0204. The molecular weight excluding hydrogens is 635 g/mol. The Bertz CT molecular complexity index is 2630. The van der Waals surface area contributed by atoms with E-state index in [-0.39, 0.29) is 0 Å². The highest BCUT2D eigenvalue weighted by molar-refractivity contribution is 7.26. The van der Waals surface area contributed by atoms with Crippen molar-refractivity contribution < 1.29 is 0 Å². The third-order valence-electron chi connectivity index (χ3n) is 10.6. The van der Waals surface area contributed by atoms with Gasteiger partial charge in [-0.25, -0.2) is 0 Å². The van der Waals surface area contributed by atoms with Crippen LogP contribution in [0.3, 0.4) is 0 Å². The highest BCUT2D eigenvalue weighted by atomic mass is 32.1. The number of hydrogen-bond donors (Lipinski definition) is 0. The fourth-order valence-electron chi connectivity index (χ4n) is 8.34. The van der Waals surface area contributed by atoms with Crippen LogP contribution in [0.1, 0.15) is 22.3 Å². The summed E-state index contributed by atoms with van der Waals surface area (Å²) >= 11 is 1.89. The highest BCUT2D eigenvalue weighted by Crippen LogP contribution is 2.57. The van der Waals surface area contributed by atoms with Crippen molar-refractivity contribution in [2.24, 2.45) is 0 Å². The molecule has 0 radical (unpaired) electrons. The zero-order valence-corrected chi connectivity index (χ0v) is 28.7. The van der Waals surface area contributed by atoms with Gasteiger partial charge >= 0.3 is 0 Å². The van der Waals surface area contributed by atoms with Gasteiger partial charge in [0.15, 0.2) is 0 Å². The van der Waals surface area contributed by atoms with Gasteiger partial charge in [-0.15, -0.1) is 11.3 Å². The number of hydrogen-bond acceptors (Lipinski definition) is 2. The summed E-state index contributed by atoms with van der Waals surface area (Å²) in [5, 5.41) is 2.57. The molecule has 2 heteroatoms. The SMILES string of the molecule is c1ccc(-c2ccc(N(c3ccccc3)c3cccc4c3sc3cc(C5(c6ccccc6)c6ccccc6-c6ccccc65)ccc34)cc2)cc1. The maximum absolute atomic E-state index is 2.47. The predicted molar refractivity (Wildman–Crippen MR) is 217 cm³/mol. The summed E-state index contributed by atoms with van der Waals surface area (Å²) < 4.78 is 2.57. The van der Waals surface area contributed by atoms with Crippen LogP contribution >= 0.6 is 11.3 Å². The molecule has 1 aliphatic carbocycles. The van der Waals surface area contributed by atoms with Crippen molar-refractivity contribution in [1.82, 2.24) is 0 Å². The van der Waals surface area contributed by atoms with E-state index in [2.05, 4.69) is 205 Å². The lowest BCUT2D eigenvalue weighted by Crippen LogP contribution is -2.28. The van der Waals surface area contributed by atoms with Crippen molar-refractivity contribution in [1.29, 1.82) is 0 Å². The number of rotatable bonds is 6. The minimum atomic E-state index is -0.418. The van der Waals surface area contributed by atoms with E-state index < -0.39 is 5.41 Å². The summed E-state index contributed by atoms with van der Waals surface area (Å²) in [6.45, 7) is 0. The molecule has 0 aliphatic heterocycles. The van der Waals surface area contributed by atoms with Gasteiger partial charge in [0.05, 0.1) is 15.8 Å². The van der Waals surface area contributed by atoms with Crippen molar-refractivity contribution >= 4 is 48.6 Å². The van der Waals surface area contributed by atoms with Crippen molar-refractivity contribution in [3.05, 3.63) is 222 Å². The molecule has 1 heterocycles. The molecular formula is C49H33NS. The number of para-hydroxylation sites is 1. The molecule has 10 rings (SSSR count). The maximum Gasteiger partial charge on any atom is 0.0714 e. The quantitative estimate of drug-likeness (QED) is 0.171. The van der Waals surface area contributed by atoms with Gasteiger partial charge in [-0.05, 0) is 80.9 Å². The van der Waals surface area contributed by atoms with Crippen LogP contribution in [0.4, 0.5) is 17.1 Å². The second kappa shape index (κ2) is 12.0. The lowest BCUT2D eigenvalue weighted by atomic mass is 9.67. The van der Waals surface area contributed by atoms with E-state index in [9.17, 15) is 0 Å². The van der Waals surface area contributed by atoms with Gasteiger partial charge in [0.2, 0.25) is 0 Å². The van der Waals surface area contributed by atoms with E-state index in [0.29, 0.717) is 0 Å². The number of nitrogens with zero attached hydrogens (tertiary/aromatic N) is 1. The topological polar surface area (TPSA) is 3.24 Å². The fourth-order valence-corrected chi connectivity index (χ4v) is 9.59. The lowest BCUT2D eigenvalue weighted by molar-refractivity contribution is 0.770. The molecule has 1 aromatic heterocycles. The van der Waals surface area contributed by atoms with Crippen LogP contribution < -0.4 is 4.90 Å². The number of benzene rings is 8. The van der Waals surface area contributed by atoms with E-state index in [4.69, 9.17) is 0 Å². The molecule has 51 heavy (non-hydrogen) atoms. The van der Waals surface area contributed by atoms with Crippen LogP contribution in [-0.4, -0.2) is 0 Å². The zero-order valence-electron chi connectivity index (χ0n) is 27.9. The summed E-state index contributed by atoms with van der Waals surface area (Å²) in [6, 6.07) is 73.3. The van der Waals surface area contributed by atoms with Crippen molar-refractivity contribution in [2.45, 2.75) is 5.41 Å². The molecule has 0 bridgehead atoms. The summed E-state index contributed by atoms with van der Waals surface area (Å²) in [4.78, 5) is 2.41. The Labute approximate surface area is 302 Å². The minimum Gasteiger partial charge on any atom is -0.309 e. The first kappa shape index (κ1) is 29.7. The molecule has 0 atom stereocenters. The van der Waals surface area contributed by atoms with Crippen molar-refractivity contribution in [3.8, 4) is 22.3 Å². The predicted octanol–water partition coefficient (Wildman–Crippen LogP) is 13.6. The van der Waals surface area contributed by atoms with E-state index in [0.717, 1.165) is 11.4 Å². The Hall–Kier alpha value is -6.22. The van der Waals surface area contributed by atoms with Crippen LogP contribution in [0.5, 0.6) is 0 Å². The molecule has 0 fully saturated rings. The van der Waals surface area contributed by atoms with Gasteiger partial charge in [-0.2, -0.15) is 0 Å². The Morgan fingerprint density at radius 3 is 1.65 bits per heavy atom. The van der Waals surface area contributed by atoms with E-state index in [1.165, 1.54) is 70.4 Å². The molecule has 240 valence electrons. The van der Waals surface area contributed by atoms with E-state index in [1.54, 1.807) is 0 Å². The van der Waals surface area contributed by atoms with Gasteiger partial charge in [0, 0.05) is 26.8 Å². The van der Waals surface area contributed by atoms with Crippen molar-refractivity contribution in [3.63, 3.8) is 0 Å². The molecule has 1 nitrogen and oxygen atoms in total. The standard InChI is InChI=1S/C49H33NS/c1-4-15-34(16-5-1)35-27-30-39(31-28-35)50(38-19-8-3-9-20-38)46-26-14-23-43-42-32-29-37(33-47(42)51-48(43)46)49(36-17-6-2-7-18-36)44-24-12-10-21-40(44)41-22-11-13-25-45(41)49/h1-33H. The molecule has 1 aliphatic rings. The first-order valence-electron chi connectivity index (χ1n) is 17.5. The molecule has 0 unspecified atom stereocenters. The van der Waals surface area contributed by atoms with Gasteiger partial charge in [-0.1, -0.05) is 164 Å². The van der Waals surface area contributed by atoms with Crippen LogP contribution in [0.15, 0.2) is 200 Å². The summed E-state index contributed by atoms with van der Waals surface area (Å²) in [6.07, 6.45) is 0. The number of anilines is 3. The molecule has 0 saturated carbocycles. The molecule has 0 saturated heterocycles. The van der Waals surface area contributed by atoms with Gasteiger partial charge in [0.25, 0.3) is 0 Å². The Morgan fingerprint density at radius 1 is 0.392 bits per heavy atom. The highest BCUT2D eigenvalue weighted by Gasteiger charge is 2.46. The molecule has 8 aromatic carbocycles. The maximum atomic E-state index is 2.47. The first-order valence-corrected chi connectivity index (χ1v) is 18.3. The van der Waals surface area contributed by atoms with E-state index >= 15 is 0 Å². The summed E-state index contributed by atoms with van der Waals surface area (Å²) in [7, 11) is 0. The summed E-state index contributed by atoms with van der Waals surface area (Å²) in [5.74, 6) is 0. The Morgan fingerprint density at radius 2 is 0.961 bits per heavy atom. The second-order valence-electron chi connectivity index (χ2n) is 13.3. The van der Waals surface area contributed by atoms with Gasteiger partial charge in [0.1, 0.15) is 0 Å². The van der Waals surface area contributed by atoms with Crippen LogP contribution in [0.2, 0.25) is 0 Å². The average Bonchev–Trinajstić information content (AvgIpc) is 3.74. The minimum absolute atomic E-state index is 0.418. The third-order valence-corrected chi connectivity index (χ3v) is 11.7. The zero-order chi connectivity index (χ0) is 33.8. The normalized spacial score (nSPS) is 12.9. The first-order chi connectivity index (χ1) is 25.3. The van der Waals surface area contributed by atoms with Crippen LogP contribution in [0.25, 0.3) is 42.4 Å². The number of fused-ring (bicyclic) bond motifs is 6. The number of thiophene rings is 1. The van der Waals surface area contributed by atoms with Crippen LogP contribution in [-0.2, 0) is 5.41 Å².